The zero-order valence-electron chi connectivity index (χ0n) is 18.8. The fourth-order valence-corrected chi connectivity index (χ4v) is 4.36. The smallest absolute Gasteiger partial charge is 0.260 e. The Kier molecular flexibility index (Phi) is 7.30. The van der Waals surface area contributed by atoms with Crippen molar-refractivity contribution in [2.24, 2.45) is 5.92 Å². The summed E-state index contributed by atoms with van der Waals surface area (Å²) in [6.07, 6.45) is 3.92. The molecular formula is C26H32N2O4. The van der Waals surface area contributed by atoms with Crippen molar-refractivity contribution in [2.75, 3.05) is 39.4 Å². The van der Waals surface area contributed by atoms with E-state index >= 15 is 0 Å². The minimum Gasteiger partial charge on any atom is -0.492 e. The molecule has 0 radical (unpaired) electrons. The van der Waals surface area contributed by atoms with E-state index in [2.05, 4.69) is 0 Å². The highest BCUT2D eigenvalue weighted by Gasteiger charge is 2.25. The number of likely N-dealkylation sites (tertiary alicyclic amines) is 2. The second-order valence-electron chi connectivity index (χ2n) is 8.74. The minimum atomic E-state index is 0.0208. The summed E-state index contributed by atoms with van der Waals surface area (Å²) in [5, 5.41) is 0. The van der Waals surface area contributed by atoms with E-state index in [4.69, 9.17) is 9.47 Å². The van der Waals surface area contributed by atoms with Crippen LogP contribution in [0.1, 0.15) is 41.6 Å². The van der Waals surface area contributed by atoms with E-state index in [-0.39, 0.29) is 18.4 Å². The van der Waals surface area contributed by atoms with Gasteiger partial charge in [-0.25, -0.2) is 0 Å². The van der Waals surface area contributed by atoms with Gasteiger partial charge in [0.2, 0.25) is 0 Å². The molecule has 2 saturated heterocycles. The summed E-state index contributed by atoms with van der Waals surface area (Å²) in [7, 11) is 0. The lowest BCUT2D eigenvalue weighted by Gasteiger charge is -2.32. The van der Waals surface area contributed by atoms with Gasteiger partial charge in [0.15, 0.2) is 6.61 Å². The van der Waals surface area contributed by atoms with Gasteiger partial charge in [-0.2, -0.15) is 0 Å². The van der Waals surface area contributed by atoms with Crippen molar-refractivity contribution in [1.29, 1.82) is 0 Å². The third-order valence-corrected chi connectivity index (χ3v) is 6.30. The summed E-state index contributed by atoms with van der Waals surface area (Å²) in [6, 6.07) is 15.3. The Morgan fingerprint density at radius 2 is 1.66 bits per heavy atom. The Balaban J connectivity index is 1.23. The minimum absolute atomic E-state index is 0.0208. The van der Waals surface area contributed by atoms with E-state index in [0.717, 1.165) is 50.1 Å². The Bertz CT molecular complexity index is 931. The molecule has 0 aromatic heterocycles. The van der Waals surface area contributed by atoms with Crippen LogP contribution in [0.15, 0.2) is 48.5 Å². The molecule has 170 valence electrons. The number of carbonyl (C=O) groups is 2. The molecule has 6 nitrogen and oxygen atoms in total. The van der Waals surface area contributed by atoms with Crippen LogP contribution in [0, 0.1) is 12.8 Å². The van der Waals surface area contributed by atoms with Crippen molar-refractivity contribution >= 4 is 11.8 Å². The van der Waals surface area contributed by atoms with Crippen LogP contribution in [0.4, 0.5) is 0 Å². The third kappa shape index (κ3) is 5.61. The number of hydrogen-bond acceptors (Lipinski definition) is 4. The predicted octanol–water partition coefficient (Wildman–Crippen LogP) is 3.93. The lowest BCUT2D eigenvalue weighted by molar-refractivity contribution is -0.134. The van der Waals surface area contributed by atoms with E-state index in [1.807, 2.05) is 65.3 Å². The number of aryl methyl sites for hydroxylation is 1. The highest BCUT2D eigenvalue weighted by Crippen LogP contribution is 2.25. The Labute approximate surface area is 190 Å². The average Bonchev–Trinajstić information content (AvgIpc) is 3.36. The van der Waals surface area contributed by atoms with Crippen LogP contribution in [0.25, 0.3) is 0 Å². The fraction of sp³-hybridized carbons (Fsp3) is 0.462. The normalized spacial score (nSPS) is 16.8. The van der Waals surface area contributed by atoms with Crippen LogP contribution in [0.5, 0.6) is 11.5 Å². The molecule has 2 aliphatic rings. The molecule has 0 N–H and O–H groups in total. The first-order valence-corrected chi connectivity index (χ1v) is 11.6. The topological polar surface area (TPSA) is 59.1 Å². The number of benzene rings is 2. The van der Waals surface area contributed by atoms with Crippen molar-refractivity contribution in [3.8, 4) is 11.5 Å². The largest absolute Gasteiger partial charge is 0.492 e. The first-order chi connectivity index (χ1) is 15.6. The maximum atomic E-state index is 12.8. The molecule has 0 saturated carbocycles. The standard InChI is InChI=1S/C26H32N2O4/c1-20-7-6-8-22(17-20)31-19-25(29)27-15-11-21(12-16-27)18-32-24-10-3-2-9-23(24)26(30)28-13-4-5-14-28/h2-3,6-10,17,21H,4-5,11-16,18-19H2,1H3. The summed E-state index contributed by atoms with van der Waals surface area (Å²) in [6.45, 7) is 5.70. The number of carbonyl (C=O) groups excluding carboxylic acids is 2. The molecule has 0 spiro atoms. The van der Waals surface area contributed by atoms with Gasteiger partial charge in [0.25, 0.3) is 11.8 Å². The molecule has 0 bridgehead atoms. The molecular weight excluding hydrogens is 404 g/mol. The average molecular weight is 437 g/mol. The molecule has 4 rings (SSSR count). The fourth-order valence-electron chi connectivity index (χ4n) is 4.36. The predicted molar refractivity (Wildman–Crippen MR) is 123 cm³/mol. The van der Waals surface area contributed by atoms with Gasteiger partial charge in [-0.05, 0) is 68.4 Å². The summed E-state index contributed by atoms with van der Waals surface area (Å²) >= 11 is 0. The first kappa shape index (κ1) is 22.2. The van der Waals surface area contributed by atoms with Gasteiger partial charge < -0.3 is 19.3 Å². The molecule has 0 aliphatic carbocycles. The number of ether oxygens (including phenoxy) is 2. The maximum Gasteiger partial charge on any atom is 0.260 e. The van der Waals surface area contributed by atoms with E-state index < -0.39 is 0 Å². The quantitative estimate of drug-likeness (QED) is 0.660. The Morgan fingerprint density at radius 3 is 2.41 bits per heavy atom. The van der Waals surface area contributed by atoms with E-state index in [1.165, 1.54) is 0 Å². The lowest BCUT2D eigenvalue weighted by atomic mass is 9.97. The van der Waals surface area contributed by atoms with Gasteiger partial charge in [-0.15, -0.1) is 0 Å². The van der Waals surface area contributed by atoms with Crippen LogP contribution >= 0.6 is 0 Å². The van der Waals surface area contributed by atoms with Crippen LogP contribution < -0.4 is 9.47 Å². The molecule has 2 amide bonds. The lowest BCUT2D eigenvalue weighted by Crippen LogP contribution is -2.42. The number of piperidine rings is 1. The second-order valence-corrected chi connectivity index (χ2v) is 8.74. The van der Waals surface area contributed by atoms with Gasteiger partial charge >= 0.3 is 0 Å². The Hall–Kier alpha value is -3.02. The van der Waals surface area contributed by atoms with Crippen molar-refractivity contribution in [2.45, 2.75) is 32.6 Å². The molecule has 0 atom stereocenters. The highest BCUT2D eigenvalue weighted by molar-refractivity contribution is 5.97. The molecule has 0 unspecified atom stereocenters. The number of amides is 2. The van der Waals surface area contributed by atoms with Crippen molar-refractivity contribution in [1.82, 2.24) is 9.80 Å². The first-order valence-electron chi connectivity index (χ1n) is 11.6. The van der Waals surface area contributed by atoms with Gasteiger partial charge in [0.05, 0.1) is 12.2 Å². The highest BCUT2D eigenvalue weighted by atomic mass is 16.5. The number of hydrogen-bond donors (Lipinski definition) is 0. The molecule has 2 aromatic rings. The van der Waals surface area contributed by atoms with Crippen molar-refractivity contribution < 1.29 is 19.1 Å². The molecule has 2 aliphatic heterocycles. The summed E-state index contributed by atoms with van der Waals surface area (Å²) in [5.74, 6) is 1.84. The van der Waals surface area contributed by atoms with Gasteiger partial charge in [-0.1, -0.05) is 24.3 Å². The molecule has 2 aromatic carbocycles. The molecule has 6 heteroatoms. The van der Waals surface area contributed by atoms with Crippen molar-refractivity contribution in [3.05, 3.63) is 59.7 Å². The Morgan fingerprint density at radius 1 is 0.906 bits per heavy atom. The van der Waals surface area contributed by atoms with Crippen LogP contribution in [-0.2, 0) is 4.79 Å². The monoisotopic (exact) mass is 436 g/mol. The third-order valence-electron chi connectivity index (χ3n) is 6.30. The zero-order valence-corrected chi connectivity index (χ0v) is 18.8. The maximum absolute atomic E-state index is 12.8. The van der Waals surface area contributed by atoms with Crippen LogP contribution in [0.2, 0.25) is 0 Å². The van der Waals surface area contributed by atoms with E-state index in [1.54, 1.807) is 0 Å². The van der Waals surface area contributed by atoms with Gasteiger partial charge in [-0.3, -0.25) is 9.59 Å². The number of rotatable bonds is 7. The SMILES string of the molecule is Cc1cccc(OCC(=O)N2CCC(COc3ccccc3C(=O)N3CCCC3)CC2)c1. The summed E-state index contributed by atoms with van der Waals surface area (Å²) in [4.78, 5) is 29.1. The van der Waals surface area contributed by atoms with Gasteiger partial charge in [0.1, 0.15) is 11.5 Å². The van der Waals surface area contributed by atoms with Crippen LogP contribution in [-0.4, -0.2) is 61.0 Å². The number of nitrogens with zero attached hydrogens (tertiary/aromatic N) is 2. The van der Waals surface area contributed by atoms with E-state index in [0.29, 0.717) is 36.9 Å². The zero-order chi connectivity index (χ0) is 22.3. The molecule has 32 heavy (non-hydrogen) atoms. The molecule has 2 heterocycles. The second kappa shape index (κ2) is 10.5. The van der Waals surface area contributed by atoms with E-state index in [9.17, 15) is 9.59 Å². The summed E-state index contributed by atoms with van der Waals surface area (Å²) < 4.78 is 11.8. The van der Waals surface area contributed by atoms with Crippen LogP contribution in [0.3, 0.4) is 0 Å². The summed E-state index contributed by atoms with van der Waals surface area (Å²) in [5.41, 5.74) is 1.76. The number of para-hydroxylation sites is 1. The molecule has 2 fully saturated rings. The van der Waals surface area contributed by atoms with Gasteiger partial charge in [0, 0.05) is 26.2 Å². The van der Waals surface area contributed by atoms with Crippen molar-refractivity contribution in [3.63, 3.8) is 0 Å².